The summed E-state index contributed by atoms with van der Waals surface area (Å²) in [5, 5.41) is 3.01. The van der Waals surface area contributed by atoms with E-state index in [1.165, 1.54) is 15.9 Å². The second-order valence-electron chi connectivity index (χ2n) is 7.83. The molecule has 1 saturated carbocycles. The van der Waals surface area contributed by atoms with Crippen molar-refractivity contribution in [2.24, 2.45) is 0 Å². The van der Waals surface area contributed by atoms with Gasteiger partial charge in [-0.05, 0) is 43.0 Å². The van der Waals surface area contributed by atoms with Crippen molar-refractivity contribution in [3.8, 4) is 0 Å². The Labute approximate surface area is 171 Å². The van der Waals surface area contributed by atoms with Gasteiger partial charge in [-0.2, -0.15) is 4.31 Å². The van der Waals surface area contributed by atoms with Gasteiger partial charge in [0.2, 0.25) is 10.0 Å². The number of rotatable bonds is 6. The summed E-state index contributed by atoms with van der Waals surface area (Å²) in [6, 6.07) is 15.1. The maximum absolute atomic E-state index is 13.0. The summed E-state index contributed by atoms with van der Waals surface area (Å²) in [6.07, 6.45) is 2.09. The third kappa shape index (κ3) is 4.08. The summed E-state index contributed by atoms with van der Waals surface area (Å²) in [5.41, 5.74) is 2.24. The van der Waals surface area contributed by atoms with E-state index < -0.39 is 10.0 Å². The molecule has 1 saturated heterocycles. The van der Waals surface area contributed by atoms with Crippen LogP contribution < -0.4 is 5.32 Å². The zero-order chi connectivity index (χ0) is 20.5. The summed E-state index contributed by atoms with van der Waals surface area (Å²) in [6.45, 7) is 3.74. The van der Waals surface area contributed by atoms with Crippen LogP contribution in [0.25, 0.3) is 0 Å². The van der Waals surface area contributed by atoms with E-state index in [0.29, 0.717) is 44.0 Å². The molecule has 29 heavy (non-hydrogen) atoms. The molecule has 0 aromatic heterocycles. The predicted molar refractivity (Wildman–Crippen MR) is 110 cm³/mol. The summed E-state index contributed by atoms with van der Waals surface area (Å²) >= 11 is 0. The minimum atomic E-state index is -3.65. The van der Waals surface area contributed by atoms with Gasteiger partial charge in [-0.3, -0.25) is 4.79 Å². The Hall–Kier alpha value is -2.22. The van der Waals surface area contributed by atoms with Gasteiger partial charge >= 0.3 is 0 Å². The molecule has 1 amide bonds. The fourth-order valence-corrected chi connectivity index (χ4v) is 5.47. The molecule has 154 valence electrons. The number of hydrogen-bond acceptors (Lipinski definition) is 4. The lowest BCUT2D eigenvalue weighted by molar-refractivity contribution is 0.0730. The molecule has 2 aromatic rings. The third-order valence-corrected chi connectivity index (χ3v) is 7.91. The van der Waals surface area contributed by atoms with Crippen LogP contribution in [0.3, 0.4) is 0 Å². The molecule has 1 heterocycles. The van der Waals surface area contributed by atoms with Crippen molar-refractivity contribution in [3.05, 3.63) is 65.2 Å². The summed E-state index contributed by atoms with van der Waals surface area (Å²) in [4.78, 5) is 13.0. The number of amides is 1. The molecule has 7 heteroatoms. The molecule has 1 N–H and O–H groups in total. The van der Waals surface area contributed by atoms with Crippen molar-refractivity contribution in [2.75, 3.05) is 32.8 Å². The van der Waals surface area contributed by atoms with Crippen molar-refractivity contribution >= 4 is 15.9 Å². The topological polar surface area (TPSA) is 75.7 Å². The molecule has 0 bridgehead atoms. The number of carbonyl (C=O) groups is 1. The maximum Gasteiger partial charge on any atom is 0.251 e. The Morgan fingerprint density at radius 1 is 1.10 bits per heavy atom. The fourth-order valence-electron chi connectivity index (χ4n) is 3.81. The van der Waals surface area contributed by atoms with E-state index in [-0.39, 0.29) is 16.2 Å². The first kappa shape index (κ1) is 20.1. The predicted octanol–water partition coefficient (Wildman–Crippen LogP) is 2.48. The van der Waals surface area contributed by atoms with E-state index >= 15 is 0 Å². The van der Waals surface area contributed by atoms with Gasteiger partial charge in [0.25, 0.3) is 5.91 Å². The first-order chi connectivity index (χ1) is 13.9. The van der Waals surface area contributed by atoms with Gasteiger partial charge in [0, 0.05) is 30.6 Å². The fraction of sp³-hybridized carbons (Fsp3) is 0.409. The Kier molecular flexibility index (Phi) is 5.46. The van der Waals surface area contributed by atoms with Crippen molar-refractivity contribution in [1.82, 2.24) is 9.62 Å². The molecule has 6 nitrogen and oxygen atoms in total. The summed E-state index contributed by atoms with van der Waals surface area (Å²) < 4.78 is 32.8. The zero-order valence-corrected chi connectivity index (χ0v) is 17.4. The lowest BCUT2D eigenvalue weighted by Gasteiger charge is -2.26. The highest BCUT2D eigenvalue weighted by Crippen LogP contribution is 2.47. The summed E-state index contributed by atoms with van der Waals surface area (Å²) in [5.74, 6) is -0.245. The normalized spacial score (nSPS) is 18.9. The van der Waals surface area contributed by atoms with E-state index in [2.05, 4.69) is 17.4 Å². The van der Waals surface area contributed by atoms with Gasteiger partial charge < -0.3 is 10.1 Å². The van der Waals surface area contributed by atoms with Crippen molar-refractivity contribution in [3.63, 3.8) is 0 Å². The Balaban J connectivity index is 1.50. The number of hydrogen-bond donors (Lipinski definition) is 1. The van der Waals surface area contributed by atoms with Crippen molar-refractivity contribution in [1.29, 1.82) is 0 Å². The zero-order valence-electron chi connectivity index (χ0n) is 16.6. The molecular formula is C22H26N2O4S. The highest BCUT2D eigenvalue weighted by molar-refractivity contribution is 7.89. The number of nitrogens with one attached hydrogen (secondary N) is 1. The minimum Gasteiger partial charge on any atom is -0.379 e. The first-order valence-corrected chi connectivity index (χ1v) is 11.4. The smallest absolute Gasteiger partial charge is 0.251 e. The molecular weight excluding hydrogens is 388 g/mol. The van der Waals surface area contributed by atoms with Gasteiger partial charge in [-0.25, -0.2) is 8.42 Å². The van der Waals surface area contributed by atoms with Gasteiger partial charge in [0.05, 0.1) is 18.1 Å². The van der Waals surface area contributed by atoms with Crippen LogP contribution >= 0.6 is 0 Å². The highest BCUT2D eigenvalue weighted by Gasteiger charge is 2.44. The van der Waals surface area contributed by atoms with E-state index in [1.807, 2.05) is 18.2 Å². The van der Waals surface area contributed by atoms with Crippen LogP contribution in [0.4, 0.5) is 0 Å². The van der Waals surface area contributed by atoms with Crippen LogP contribution in [-0.4, -0.2) is 51.5 Å². The van der Waals surface area contributed by atoms with Crippen LogP contribution in [0.5, 0.6) is 0 Å². The van der Waals surface area contributed by atoms with Gasteiger partial charge in [-0.1, -0.05) is 36.4 Å². The molecule has 0 unspecified atom stereocenters. The van der Waals surface area contributed by atoms with Crippen molar-refractivity contribution < 1.29 is 17.9 Å². The molecule has 4 rings (SSSR count). The molecule has 2 fully saturated rings. The lowest BCUT2D eigenvalue weighted by Crippen LogP contribution is -2.41. The quantitative estimate of drug-likeness (QED) is 0.788. The molecule has 0 atom stereocenters. The Bertz CT molecular complexity index is 995. The lowest BCUT2D eigenvalue weighted by atomic mass is 9.96. The van der Waals surface area contributed by atoms with Crippen LogP contribution in [0.1, 0.15) is 34.3 Å². The number of nitrogens with zero attached hydrogens (tertiary/aromatic N) is 1. The van der Waals surface area contributed by atoms with E-state index in [0.717, 1.165) is 12.8 Å². The van der Waals surface area contributed by atoms with Crippen molar-refractivity contribution in [2.45, 2.75) is 30.1 Å². The molecule has 2 aromatic carbocycles. The van der Waals surface area contributed by atoms with Gasteiger partial charge in [0.1, 0.15) is 0 Å². The molecule has 0 radical (unpaired) electrons. The number of aryl methyl sites for hydroxylation is 1. The number of ether oxygens (including phenoxy) is 1. The average Bonchev–Trinajstić information content (AvgIpc) is 3.55. The Morgan fingerprint density at radius 3 is 2.45 bits per heavy atom. The minimum absolute atomic E-state index is 0.00429. The molecule has 0 spiro atoms. The standard InChI is InChI=1S/C22H26N2O4S/c1-17-7-8-18(15-20(17)29(26,27)24-11-13-28-14-12-24)21(25)23-16-22(9-10-22)19-5-3-2-4-6-19/h2-8,15H,9-14,16H2,1H3,(H,23,25). The number of benzene rings is 2. The monoisotopic (exact) mass is 414 g/mol. The van der Waals surface area contributed by atoms with E-state index in [1.54, 1.807) is 19.1 Å². The molecule has 1 aliphatic carbocycles. The largest absolute Gasteiger partial charge is 0.379 e. The third-order valence-electron chi connectivity index (χ3n) is 5.87. The highest BCUT2D eigenvalue weighted by atomic mass is 32.2. The van der Waals surface area contributed by atoms with Gasteiger partial charge in [0.15, 0.2) is 0 Å². The second-order valence-corrected chi connectivity index (χ2v) is 9.73. The number of morpholine rings is 1. The maximum atomic E-state index is 13.0. The first-order valence-electron chi connectivity index (χ1n) is 9.95. The number of carbonyl (C=O) groups excluding carboxylic acids is 1. The van der Waals surface area contributed by atoms with Crippen LogP contribution in [0.2, 0.25) is 0 Å². The van der Waals surface area contributed by atoms with E-state index in [4.69, 9.17) is 4.74 Å². The number of sulfonamides is 1. The SMILES string of the molecule is Cc1ccc(C(=O)NCC2(c3ccccc3)CC2)cc1S(=O)(=O)N1CCOCC1. The average molecular weight is 415 g/mol. The van der Waals surface area contributed by atoms with Crippen LogP contribution in [0.15, 0.2) is 53.4 Å². The Morgan fingerprint density at radius 2 is 1.79 bits per heavy atom. The second kappa shape index (κ2) is 7.89. The molecule has 2 aliphatic rings. The molecule has 1 aliphatic heterocycles. The van der Waals surface area contributed by atoms with Gasteiger partial charge in [-0.15, -0.1) is 0 Å². The van der Waals surface area contributed by atoms with Crippen LogP contribution in [0, 0.1) is 6.92 Å². The van der Waals surface area contributed by atoms with Crippen LogP contribution in [-0.2, 0) is 20.2 Å². The van der Waals surface area contributed by atoms with E-state index in [9.17, 15) is 13.2 Å². The summed E-state index contributed by atoms with van der Waals surface area (Å²) in [7, 11) is -3.65.